The Morgan fingerprint density at radius 1 is 1.39 bits per heavy atom. The van der Waals surface area contributed by atoms with Gasteiger partial charge in [-0.1, -0.05) is 26.2 Å². The van der Waals surface area contributed by atoms with Crippen molar-refractivity contribution in [3.05, 3.63) is 30.3 Å². The topological polar surface area (TPSA) is 85.7 Å². The fourth-order valence-corrected chi connectivity index (χ4v) is 2.02. The van der Waals surface area contributed by atoms with Gasteiger partial charge >= 0.3 is 11.8 Å². The monoisotopic (exact) mass is 321 g/mol. The second-order valence-corrected chi connectivity index (χ2v) is 5.04. The van der Waals surface area contributed by atoms with Crippen LogP contribution in [0, 0.1) is 0 Å². The lowest BCUT2D eigenvalue weighted by atomic mass is 10.2. The summed E-state index contributed by atoms with van der Waals surface area (Å²) in [6.45, 7) is 2.66. The number of hydrogen-bond acceptors (Lipinski definition) is 6. The molecule has 0 aliphatic rings. The average Bonchev–Trinajstić information content (AvgIpc) is 3.05. The van der Waals surface area contributed by atoms with Crippen molar-refractivity contribution < 1.29 is 28.6 Å². The van der Waals surface area contributed by atoms with Gasteiger partial charge in [-0.05, 0) is 6.42 Å². The molecule has 124 valence electrons. The Labute approximate surface area is 134 Å². The van der Waals surface area contributed by atoms with Crippen LogP contribution < -0.4 is 9.47 Å². The molecule has 2 rings (SSSR count). The van der Waals surface area contributed by atoms with Crippen molar-refractivity contribution in [3.63, 3.8) is 0 Å². The zero-order chi connectivity index (χ0) is 16.7. The Morgan fingerprint density at radius 2 is 2.22 bits per heavy atom. The molecule has 0 atom stereocenters. The number of carbonyl (C=O) groups excluding carboxylic acids is 1. The molecule has 0 saturated heterocycles. The first-order chi connectivity index (χ1) is 11.2. The number of pyridine rings is 1. The summed E-state index contributed by atoms with van der Waals surface area (Å²) in [5.41, 5.74) is 0.680. The summed E-state index contributed by atoms with van der Waals surface area (Å²) in [5.74, 6) is -0.0285. The molecule has 0 radical (unpaired) electrons. The van der Waals surface area contributed by atoms with Gasteiger partial charge in [-0.3, -0.25) is 5.21 Å². The van der Waals surface area contributed by atoms with Crippen molar-refractivity contribution in [1.29, 1.82) is 0 Å². The van der Waals surface area contributed by atoms with E-state index in [1.165, 1.54) is 19.6 Å². The van der Waals surface area contributed by atoms with Crippen molar-refractivity contribution in [2.45, 2.75) is 32.6 Å². The van der Waals surface area contributed by atoms with E-state index in [-0.39, 0.29) is 17.5 Å². The number of nitrogens with zero attached hydrogens (tertiary/aromatic N) is 2. The quantitative estimate of drug-likeness (QED) is 0.348. The molecule has 0 aliphatic heterocycles. The minimum absolute atomic E-state index is 0.0882. The lowest BCUT2D eigenvalue weighted by Crippen LogP contribution is -2.32. The number of ether oxygens (including phenoxy) is 2. The molecule has 0 spiro atoms. The Bertz CT molecular complexity index is 654. The molecule has 0 amide bonds. The van der Waals surface area contributed by atoms with Gasteiger partial charge in [0.1, 0.15) is 6.26 Å². The third-order valence-electron chi connectivity index (χ3n) is 3.29. The van der Waals surface area contributed by atoms with E-state index in [1.807, 2.05) is 0 Å². The number of oxazole rings is 1. The molecular formula is C16H21N2O5+. The number of methoxy groups -OCH3 is 1. The molecule has 0 unspecified atom stereocenters. The van der Waals surface area contributed by atoms with Gasteiger partial charge in [-0.2, -0.15) is 0 Å². The van der Waals surface area contributed by atoms with Gasteiger partial charge in [0.05, 0.1) is 25.3 Å². The predicted molar refractivity (Wildman–Crippen MR) is 80.3 cm³/mol. The van der Waals surface area contributed by atoms with E-state index < -0.39 is 5.97 Å². The number of carbonyl (C=O) groups is 1. The van der Waals surface area contributed by atoms with Crippen molar-refractivity contribution in [2.24, 2.45) is 0 Å². The summed E-state index contributed by atoms with van der Waals surface area (Å²) in [5, 5.41) is 9.78. The maximum absolute atomic E-state index is 11.4. The highest BCUT2D eigenvalue weighted by atomic mass is 16.5. The molecule has 2 heterocycles. The average molecular weight is 321 g/mol. The van der Waals surface area contributed by atoms with Gasteiger partial charge < -0.3 is 13.9 Å². The van der Waals surface area contributed by atoms with Crippen LogP contribution in [0.1, 0.15) is 43.1 Å². The SMILES string of the molecule is CCCCCCOc1cc(-c2nc(C(=O)OC)co2)cc[n+]1O. The third-order valence-corrected chi connectivity index (χ3v) is 3.29. The molecule has 0 bridgehead atoms. The number of aromatic nitrogens is 2. The minimum Gasteiger partial charge on any atom is -0.464 e. The van der Waals surface area contributed by atoms with E-state index in [1.54, 1.807) is 12.1 Å². The second kappa shape index (κ2) is 8.17. The highest BCUT2D eigenvalue weighted by Gasteiger charge is 2.18. The van der Waals surface area contributed by atoms with Crippen LogP contribution >= 0.6 is 0 Å². The molecule has 0 aromatic carbocycles. The zero-order valence-electron chi connectivity index (χ0n) is 13.3. The van der Waals surface area contributed by atoms with Crippen LogP contribution in [0.2, 0.25) is 0 Å². The van der Waals surface area contributed by atoms with E-state index in [4.69, 9.17) is 9.15 Å². The standard InChI is InChI=1S/C16H21N2O5/c1-3-4-5-6-9-22-14-10-12(7-8-18(14)20)15-17-13(11-23-15)16(19)21-2/h7-8,10-11,20H,3-6,9H2,1-2H3/q+1. The van der Waals surface area contributed by atoms with Crippen LogP contribution in [-0.4, -0.2) is 29.9 Å². The maximum atomic E-state index is 11.4. The summed E-state index contributed by atoms with van der Waals surface area (Å²) in [6, 6.07) is 3.21. The maximum Gasteiger partial charge on any atom is 0.417 e. The second-order valence-electron chi connectivity index (χ2n) is 5.04. The van der Waals surface area contributed by atoms with Gasteiger partial charge in [0.15, 0.2) is 5.69 Å². The minimum atomic E-state index is -0.569. The van der Waals surface area contributed by atoms with E-state index in [0.29, 0.717) is 12.2 Å². The Hall–Kier alpha value is -2.57. The van der Waals surface area contributed by atoms with Crippen LogP contribution in [0.25, 0.3) is 11.5 Å². The molecule has 0 saturated carbocycles. The Morgan fingerprint density at radius 3 is 2.96 bits per heavy atom. The summed E-state index contributed by atoms with van der Waals surface area (Å²) in [7, 11) is 1.28. The van der Waals surface area contributed by atoms with Crippen molar-refractivity contribution in [3.8, 4) is 17.3 Å². The molecule has 2 aromatic rings. The predicted octanol–water partition coefficient (Wildman–Crippen LogP) is 2.61. The highest BCUT2D eigenvalue weighted by molar-refractivity contribution is 5.87. The lowest BCUT2D eigenvalue weighted by Gasteiger charge is -2.02. The first kappa shape index (κ1) is 16.8. The van der Waals surface area contributed by atoms with Gasteiger partial charge in [-0.25, -0.2) is 9.78 Å². The van der Waals surface area contributed by atoms with Gasteiger partial charge in [-0.15, -0.1) is 0 Å². The van der Waals surface area contributed by atoms with Crippen LogP contribution in [0.5, 0.6) is 5.88 Å². The lowest BCUT2D eigenvalue weighted by molar-refractivity contribution is -0.906. The van der Waals surface area contributed by atoms with Crippen LogP contribution in [0.3, 0.4) is 0 Å². The van der Waals surface area contributed by atoms with E-state index in [0.717, 1.165) is 30.4 Å². The number of esters is 1. The molecule has 0 aliphatic carbocycles. The van der Waals surface area contributed by atoms with E-state index in [2.05, 4.69) is 16.6 Å². The molecule has 7 nitrogen and oxygen atoms in total. The summed E-state index contributed by atoms with van der Waals surface area (Å²) >= 11 is 0. The molecule has 1 N–H and O–H groups in total. The van der Waals surface area contributed by atoms with E-state index in [9.17, 15) is 10.0 Å². The number of rotatable bonds is 8. The third kappa shape index (κ3) is 4.45. The normalized spacial score (nSPS) is 10.5. The smallest absolute Gasteiger partial charge is 0.417 e. The number of hydrogen-bond donors (Lipinski definition) is 1. The van der Waals surface area contributed by atoms with E-state index >= 15 is 0 Å². The molecule has 0 fully saturated rings. The van der Waals surface area contributed by atoms with Crippen LogP contribution in [0.4, 0.5) is 0 Å². The van der Waals surface area contributed by atoms with Crippen molar-refractivity contribution in [1.82, 2.24) is 4.98 Å². The summed E-state index contributed by atoms with van der Waals surface area (Å²) in [6.07, 6.45) is 6.98. The molecule has 23 heavy (non-hydrogen) atoms. The van der Waals surface area contributed by atoms with Crippen molar-refractivity contribution >= 4 is 5.97 Å². The Kier molecular flexibility index (Phi) is 5.96. The fourth-order valence-electron chi connectivity index (χ4n) is 2.02. The van der Waals surface area contributed by atoms with Crippen LogP contribution in [0.15, 0.2) is 29.0 Å². The summed E-state index contributed by atoms with van der Waals surface area (Å²) < 4.78 is 16.3. The number of unbranched alkanes of at least 4 members (excludes halogenated alkanes) is 3. The summed E-state index contributed by atoms with van der Waals surface area (Å²) in [4.78, 5) is 15.4. The molecule has 2 aromatic heterocycles. The zero-order valence-corrected chi connectivity index (χ0v) is 13.3. The van der Waals surface area contributed by atoms with Gasteiger partial charge in [0.25, 0.3) is 0 Å². The van der Waals surface area contributed by atoms with Gasteiger partial charge in [0.2, 0.25) is 12.1 Å². The molecular weight excluding hydrogens is 300 g/mol. The fraction of sp³-hybridized carbons (Fsp3) is 0.438. The highest BCUT2D eigenvalue weighted by Crippen LogP contribution is 2.21. The van der Waals surface area contributed by atoms with Crippen LogP contribution in [-0.2, 0) is 4.74 Å². The van der Waals surface area contributed by atoms with Crippen molar-refractivity contribution in [2.75, 3.05) is 13.7 Å². The first-order valence-corrected chi connectivity index (χ1v) is 7.57. The van der Waals surface area contributed by atoms with Gasteiger partial charge in [0, 0.05) is 10.8 Å². The Balaban J connectivity index is 2.07. The first-order valence-electron chi connectivity index (χ1n) is 7.57. The molecule has 7 heteroatoms. The largest absolute Gasteiger partial charge is 0.464 e.